The van der Waals surface area contributed by atoms with E-state index in [9.17, 15) is 18.0 Å². The van der Waals surface area contributed by atoms with Gasteiger partial charge in [-0.1, -0.05) is 53.8 Å². The number of hydrogen-bond donors (Lipinski definition) is 0. The first-order chi connectivity index (χ1) is 13.2. The highest BCUT2D eigenvalue weighted by Crippen LogP contribution is 2.33. The van der Waals surface area contributed by atoms with Crippen molar-refractivity contribution < 1.29 is 18.0 Å². The Morgan fingerprint density at radius 3 is 2.75 bits per heavy atom. The van der Waals surface area contributed by atoms with E-state index < -0.39 is 9.84 Å². The van der Waals surface area contributed by atoms with Crippen LogP contribution in [-0.2, 0) is 19.4 Å². The Morgan fingerprint density at radius 2 is 2.14 bits per heavy atom. The molecule has 3 rings (SSSR count). The number of carbonyl (C=O) groups is 2. The van der Waals surface area contributed by atoms with E-state index in [2.05, 4.69) is 0 Å². The molecule has 6 nitrogen and oxygen atoms in total. The van der Waals surface area contributed by atoms with Gasteiger partial charge >= 0.3 is 0 Å². The quantitative estimate of drug-likeness (QED) is 0.498. The van der Waals surface area contributed by atoms with E-state index >= 15 is 0 Å². The fourth-order valence-electron chi connectivity index (χ4n) is 3.26. The number of thioether (sulfide) groups is 1. The third-order valence-electron chi connectivity index (χ3n) is 4.67. The van der Waals surface area contributed by atoms with Crippen LogP contribution in [0.1, 0.15) is 18.9 Å². The predicted octanol–water partition coefficient (Wildman–Crippen LogP) is 2.58. The van der Waals surface area contributed by atoms with Gasteiger partial charge in [0.1, 0.15) is 10.9 Å². The van der Waals surface area contributed by atoms with Crippen LogP contribution in [0.25, 0.3) is 6.08 Å². The van der Waals surface area contributed by atoms with Crippen molar-refractivity contribution in [3.8, 4) is 0 Å². The maximum atomic E-state index is 12.8. The smallest absolute Gasteiger partial charge is 0.266 e. The van der Waals surface area contributed by atoms with Crippen LogP contribution in [0.3, 0.4) is 0 Å². The highest BCUT2D eigenvalue weighted by molar-refractivity contribution is 8.26. The normalized spacial score (nSPS) is 22.9. The molecule has 2 saturated heterocycles. The summed E-state index contributed by atoms with van der Waals surface area (Å²) in [5.41, 5.74) is 0.697. The number of rotatable bonds is 5. The van der Waals surface area contributed by atoms with Crippen molar-refractivity contribution in [2.75, 3.05) is 24.6 Å². The number of sulfone groups is 1. The van der Waals surface area contributed by atoms with Crippen LogP contribution in [0.5, 0.6) is 0 Å². The molecule has 0 unspecified atom stereocenters. The standard InChI is InChI=1S/C18H19ClN2O4S3/c1-2-20(13-7-8-28(24,25)11-13)16(22)10-21-17(23)15(27-18(21)26)9-12-5-3-4-6-14(12)19/h3-6,9,13H,2,7-8,10-11H2,1H3/b15-9+/t13-/m0/s1. The SMILES string of the molecule is CCN(C(=O)CN1C(=O)/C(=C\c2ccccc2Cl)SC1=S)[C@H]1CCS(=O)(=O)C1. The predicted molar refractivity (Wildman–Crippen MR) is 116 cm³/mol. The number of nitrogens with zero attached hydrogens (tertiary/aromatic N) is 2. The Labute approximate surface area is 178 Å². The van der Waals surface area contributed by atoms with Crippen LogP contribution in [0.15, 0.2) is 29.2 Å². The van der Waals surface area contributed by atoms with Gasteiger partial charge in [-0.3, -0.25) is 14.5 Å². The van der Waals surface area contributed by atoms with Crippen LogP contribution in [0, 0.1) is 0 Å². The number of halogens is 1. The van der Waals surface area contributed by atoms with Crippen molar-refractivity contribution in [1.29, 1.82) is 0 Å². The lowest BCUT2D eigenvalue weighted by Crippen LogP contribution is -2.47. The molecule has 0 aliphatic carbocycles. The Hall–Kier alpha value is -1.42. The molecule has 0 bridgehead atoms. The average molecular weight is 459 g/mol. The second-order valence-electron chi connectivity index (χ2n) is 6.53. The Kier molecular flexibility index (Phi) is 6.48. The van der Waals surface area contributed by atoms with E-state index in [0.717, 1.165) is 11.8 Å². The number of thiocarbonyl (C=S) groups is 1. The topological polar surface area (TPSA) is 74.8 Å². The molecular weight excluding hydrogens is 440 g/mol. The Balaban J connectivity index is 1.73. The van der Waals surface area contributed by atoms with Gasteiger partial charge in [-0.25, -0.2) is 8.42 Å². The molecule has 0 saturated carbocycles. The first-order valence-electron chi connectivity index (χ1n) is 8.71. The van der Waals surface area contributed by atoms with Crippen molar-refractivity contribution in [2.24, 2.45) is 0 Å². The van der Waals surface area contributed by atoms with Gasteiger partial charge in [0.2, 0.25) is 5.91 Å². The third-order valence-corrected chi connectivity index (χ3v) is 8.14. The summed E-state index contributed by atoms with van der Waals surface area (Å²) in [5.74, 6) is -0.598. The van der Waals surface area contributed by atoms with Gasteiger partial charge in [0.15, 0.2) is 9.84 Å². The Morgan fingerprint density at radius 1 is 1.43 bits per heavy atom. The second kappa shape index (κ2) is 8.52. The van der Waals surface area contributed by atoms with E-state index in [-0.39, 0.29) is 35.9 Å². The van der Waals surface area contributed by atoms with Crippen molar-refractivity contribution in [3.63, 3.8) is 0 Å². The molecular formula is C18H19ClN2O4S3. The molecule has 2 amide bonds. The summed E-state index contributed by atoms with van der Waals surface area (Å²) in [4.78, 5) is 28.7. The highest BCUT2D eigenvalue weighted by atomic mass is 35.5. The lowest BCUT2D eigenvalue weighted by molar-refractivity contribution is -0.136. The number of likely N-dealkylation sites (N-methyl/N-ethyl adjacent to an activating group) is 1. The number of hydrogen-bond acceptors (Lipinski definition) is 6. The Bertz CT molecular complexity index is 961. The van der Waals surface area contributed by atoms with Crippen molar-refractivity contribution >= 4 is 67.6 Å². The van der Waals surface area contributed by atoms with Gasteiger partial charge in [-0.05, 0) is 31.1 Å². The number of benzene rings is 1. The first-order valence-corrected chi connectivity index (χ1v) is 12.1. The van der Waals surface area contributed by atoms with Crippen LogP contribution < -0.4 is 0 Å². The molecule has 2 aliphatic rings. The van der Waals surface area contributed by atoms with Crippen molar-refractivity contribution in [3.05, 3.63) is 39.8 Å². The largest absolute Gasteiger partial charge is 0.337 e. The number of amides is 2. The fraction of sp³-hybridized carbons (Fsp3) is 0.389. The summed E-state index contributed by atoms with van der Waals surface area (Å²) in [6, 6.07) is 6.79. The lowest BCUT2D eigenvalue weighted by atomic mass is 10.2. The molecule has 0 radical (unpaired) electrons. The van der Waals surface area contributed by atoms with E-state index in [1.54, 1.807) is 31.2 Å². The van der Waals surface area contributed by atoms with E-state index in [0.29, 0.717) is 32.8 Å². The molecule has 10 heteroatoms. The van der Waals surface area contributed by atoms with Gasteiger partial charge in [0, 0.05) is 17.6 Å². The maximum Gasteiger partial charge on any atom is 0.266 e. The minimum atomic E-state index is -3.11. The summed E-state index contributed by atoms with van der Waals surface area (Å²) in [6.45, 7) is 1.97. The minimum Gasteiger partial charge on any atom is -0.337 e. The first kappa shape index (κ1) is 21.3. The molecule has 2 aliphatic heterocycles. The van der Waals surface area contributed by atoms with Gasteiger partial charge < -0.3 is 4.90 Å². The summed E-state index contributed by atoms with van der Waals surface area (Å²) in [5, 5.41) is 0.517. The minimum absolute atomic E-state index is 0.0304. The fourth-order valence-corrected chi connectivity index (χ4v) is 6.42. The molecule has 1 aromatic carbocycles. The molecule has 1 atom stereocenters. The van der Waals surface area contributed by atoms with Crippen LogP contribution >= 0.6 is 35.6 Å². The summed E-state index contributed by atoms with van der Waals surface area (Å²) in [7, 11) is -3.11. The van der Waals surface area contributed by atoms with Crippen LogP contribution in [0.4, 0.5) is 0 Å². The molecule has 2 fully saturated rings. The summed E-state index contributed by atoms with van der Waals surface area (Å²) in [6.07, 6.45) is 2.08. The van der Waals surface area contributed by atoms with Gasteiger partial charge in [0.05, 0.1) is 16.4 Å². The molecule has 2 heterocycles. The molecule has 28 heavy (non-hydrogen) atoms. The van der Waals surface area contributed by atoms with E-state index in [1.165, 1.54) is 9.80 Å². The molecule has 1 aromatic rings. The zero-order valence-electron chi connectivity index (χ0n) is 15.1. The highest BCUT2D eigenvalue weighted by Gasteiger charge is 2.38. The van der Waals surface area contributed by atoms with E-state index in [4.69, 9.17) is 23.8 Å². The molecule has 150 valence electrons. The summed E-state index contributed by atoms with van der Waals surface area (Å²) < 4.78 is 23.8. The van der Waals surface area contributed by atoms with Crippen LogP contribution in [0.2, 0.25) is 5.02 Å². The average Bonchev–Trinajstić information content (AvgIpc) is 3.11. The van der Waals surface area contributed by atoms with E-state index in [1.807, 2.05) is 6.07 Å². The lowest BCUT2D eigenvalue weighted by Gasteiger charge is -2.28. The maximum absolute atomic E-state index is 12.8. The van der Waals surface area contributed by atoms with Crippen LogP contribution in [-0.4, -0.2) is 65.0 Å². The zero-order valence-corrected chi connectivity index (χ0v) is 18.3. The zero-order chi connectivity index (χ0) is 20.5. The van der Waals surface area contributed by atoms with Gasteiger partial charge in [0.25, 0.3) is 5.91 Å². The van der Waals surface area contributed by atoms with Crippen molar-refractivity contribution in [2.45, 2.75) is 19.4 Å². The van der Waals surface area contributed by atoms with Gasteiger partial charge in [-0.15, -0.1) is 0 Å². The third kappa shape index (κ3) is 4.59. The second-order valence-corrected chi connectivity index (χ2v) is 10.8. The summed E-state index contributed by atoms with van der Waals surface area (Å²) >= 11 is 12.5. The molecule has 0 spiro atoms. The van der Waals surface area contributed by atoms with Crippen molar-refractivity contribution in [1.82, 2.24) is 9.80 Å². The number of carbonyl (C=O) groups excluding carboxylic acids is 2. The molecule has 0 aromatic heterocycles. The monoisotopic (exact) mass is 458 g/mol. The molecule has 0 N–H and O–H groups in total. The van der Waals surface area contributed by atoms with Gasteiger partial charge in [-0.2, -0.15) is 0 Å².